The average molecular weight is 460 g/mol. The molecule has 1 N–H and O–H groups in total. The first kappa shape index (κ1) is 21.8. The lowest BCUT2D eigenvalue weighted by Crippen LogP contribution is -2.46. The molecule has 34 heavy (non-hydrogen) atoms. The number of carbonyl (C=O) groups is 1. The van der Waals surface area contributed by atoms with Crippen LogP contribution in [0.4, 0.5) is 21.5 Å². The summed E-state index contributed by atoms with van der Waals surface area (Å²) in [4.78, 5) is 30.1. The van der Waals surface area contributed by atoms with Crippen LogP contribution in [-0.4, -0.2) is 41.2 Å². The summed E-state index contributed by atoms with van der Waals surface area (Å²) in [5, 5.41) is 2.99. The lowest BCUT2D eigenvalue weighted by molar-refractivity contribution is 0.102. The lowest BCUT2D eigenvalue weighted by Gasteiger charge is -2.38. The quantitative estimate of drug-likeness (QED) is 0.507. The summed E-state index contributed by atoms with van der Waals surface area (Å²) in [6, 6.07) is 19.6. The fourth-order valence-electron chi connectivity index (χ4n) is 4.54. The van der Waals surface area contributed by atoms with Crippen LogP contribution in [0.15, 0.2) is 71.5 Å². The van der Waals surface area contributed by atoms with Crippen LogP contribution in [0.3, 0.4) is 0 Å². The normalized spacial score (nSPS) is 14.0. The van der Waals surface area contributed by atoms with Gasteiger partial charge in [0.1, 0.15) is 5.82 Å². The van der Waals surface area contributed by atoms with E-state index in [0.717, 1.165) is 42.9 Å². The zero-order valence-corrected chi connectivity index (χ0v) is 19.2. The molecule has 3 aromatic carbocycles. The number of rotatable bonds is 4. The van der Waals surface area contributed by atoms with E-state index >= 15 is 0 Å². The van der Waals surface area contributed by atoms with Crippen LogP contribution < -0.4 is 20.8 Å². The van der Waals surface area contributed by atoms with Crippen LogP contribution in [0.25, 0.3) is 11.0 Å². The Morgan fingerprint density at radius 2 is 1.41 bits per heavy atom. The number of nitrogens with one attached hydrogen (secondary N) is 1. The number of para-hydroxylation sites is 1. The van der Waals surface area contributed by atoms with Crippen LogP contribution in [0.2, 0.25) is 0 Å². The number of fused-ring (bicyclic) bond motifs is 1. The van der Waals surface area contributed by atoms with Crippen molar-refractivity contribution in [2.75, 3.05) is 41.3 Å². The number of carbonyl (C=O) groups excluding carboxylic acids is 1. The second-order valence-electron chi connectivity index (χ2n) is 8.53. The van der Waals surface area contributed by atoms with Gasteiger partial charge in [-0.05, 0) is 48.5 Å². The highest BCUT2D eigenvalue weighted by atomic mass is 19.1. The van der Waals surface area contributed by atoms with Crippen molar-refractivity contribution in [3.05, 3.63) is 88.6 Å². The van der Waals surface area contributed by atoms with Gasteiger partial charge in [-0.2, -0.15) is 0 Å². The van der Waals surface area contributed by atoms with Crippen molar-refractivity contribution in [3.8, 4) is 0 Å². The molecule has 0 bridgehead atoms. The van der Waals surface area contributed by atoms with Crippen LogP contribution in [0.5, 0.6) is 0 Å². The zero-order chi connectivity index (χ0) is 23.8. The fraction of sp³-hybridized carbons (Fsp3) is 0.231. The Morgan fingerprint density at radius 1 is 0.824 bits per heavy atom. The molecular formula is C26H26FN5O2. The minimum absolute atomic E-state index is 0.128. The van der Waals surface area contributed by atoms with Gasteiger partial charge < -0.3 is 15.1 Å². The summed E-state index contributed by atoms with van der Waals surface area (Å²) in [6.07, 6.45) is 0. The van der Waals surface area contributed by atoms with E-state index in [1.807, 2.05) is 30.3 Å². The molecule has 174 valence electrons. The number of nitrogens with zero attached hydrogens (tertiary/aromatic N) is 4. The second-order valence-corrected chi connectivity index (χ2v) is 8.53. The maximum atomic E-state index is 13.3. The molecule has 1 amide bonds. The van der Waals surface area contributed by atoms with Gasteiger partial charge in [-0.15, -0.1) is 0 Å². The largest absolute Gasteiger partial charge is 0.368 e. The first-order valence-corrected chi connectivity index (χ1v) is 11.2. The summed E-state index contributed by atoms with van der Waals surface area (Å²) in [5.41, 5.74) is 4.43. The maximum Gasteiger partial charge on any atom is 0.328 e. The van der Waals surface area contributed by atoms with Gasteiger partial charge in [-0.25, -0.2) is 9.18 Å². The topological polar surface area (TPSA) is 62.5 Å². The molecule has 0 spiro atoms. The number of anilines is 3. The number of aromatic nitrogens is 2. The number of benzene rings is 3. The van der Waals surface area contributed by atoms with Crippen LogP contribution in [-0.2, 0) is 14.1 Å². The number of aryl methyl sites for hydroxylation is 2. The van der Waals surface area contributed by atoms with Crippen molar-refractivity contribution in [2.24, 2.45) is 14.1 Å². The highest BCUT2D eigenvalue weighted by Gasteiger charge is 2.23. The predicted molar refractivity (Wildman–Crippen MR) is 133 cm³/mol. The molecule has 2 heterocycles. The molecule has 0 aliphatic carbocycles. The van der Waals surface area contributed by atoms with E-state index < -0.39 is 5.82 Å². The summed E-state index contributed by atoms with van der Waals surface area (Å²) < 4.78 is 16.5. The van der Waals surface area contributed by atoms with Gasteiger partial charge in [0, 0.05) is 51.5 Å². The predicted octanol–water partition coefficient (Wildman–Crippen LogP) is 3.60. The molecule has 1 aliphatic rings. The van der Waals surface area contributed by atoms with E-state index in [9.17, 15) is 14.0 Å². The molecule has 0 unspecified atom stereocenters. The SMILES string of the molecule is Cn1c(=O)n(C)c2cc(N3CCN(c4ccccc4)CC3)c(NC(=O)c3ccc(F)cc3)cc21. The first-order chi connectivity index (χ1) is 16.4. The standard InChI is InChI=1S/C26H26FN5O2/c1-29-23-16-21(28-25(33)18-8-10-19(27)11-9-18)22(17-24(23)30(2)26(29)34)32-14-12-31(13-15-32)20-6-4-3-5-7-20/h3-11,16-17H,12-15H2,1-2H3,(H,28,33). The number of imidazole rings is 1. The van der Waals surface area contributed by atoms with Crippen molar-refractivity contribution in [3.63, 3.8) is 0 Å². The van der Waals surface area contributed by atoms with Crippen molar-refractivity contribution >= 4 is 34.0 Å². The zero-order valence-electron chi connectivity index (χ0n) is 19.2. The molecule has 1 aliphatic heterocycles. The Hall–Kier alpha value is -4.07. The van der Waals surface area contributed by atoms with Gasteiger partial charge in [0.2, 0.25) is 0 Å². The summed E-state index contributed by atoms with van der Waals surface area (Å²) in [7, 11) is 3.47. The lowest BCUT2D eigenvalue weighted by atomic mass is 10.1. The Labute approximate surface area is 196 Å². The van der Waals surface area contributed by atoms with Gasteiger partial charge >= 0.3 is 5.69 Å². The Balaban J connectivity index is 1.49. The minimum Gasteiger partial charge on any atom is -0.368 e. The number of hydrogen-bond acceptors (Lipinski definition) is 4. The molecule has 1 aromatic heterocycles. The highest BCUT2D eigenvalue weighted by Crippen LogP contribution is 2.32. The van der Waals surface area contributed by atoms with E-state index in [1.165, 1.54) is 30.0 Å². The van der Waals surface area contributed by atoms with Gasteiger partial charge in [0.25, 0.3) is 5.91 Å². The van der Waals surface area contributed by atoms with Crippen LogP contribution in [0, 0.1) is 5.82 Å². The molecule has 7 nitrogen and oxygen atoms in total. The Morgan fingerprint density at radius 3 is 2.06 bits per heavy atom. The van der Waals surface area contributed by atoms with E-state index in [2.05, 4.69) is 27.2 Å². The molecule has 0 atom stereocenters. The second kappa shape index (κ2) is 8.70. The van der Waals surface area contributed by atoms with Crippen molar-refractivity contribution in [2.45, 2.75) is 0 Å². The van der Waals surface area contributed by atoms with E-state index in [1.54, 1.807) is 23.2 Å². The third kappa shape index (κ3) is 3.91. The van der Waals surface area contributed by atoms with Gasteiger partial charge in [-0.3, -0.25) is 13.9 Å². The number of hydrogen-bond donors (Lipinski definition) is 1. The van der Waals surface area contributed by atoms with Gasteiger partial charge in [-0.1, -0.05) is 18.2 Å². The Kier molecular flexibility index (Phi) is 5.57. The number of piperazine rings is 1. The number of amides is 1. The molecule has 5 rings (SSSR count). The van der Waals surface area contributed by atoms with Crippen LogP contribution >= 0.6 is 0 Å². The van der Waals surface area contributed by atoms with Gasteiger partial charge in [0.05, 0.1) is 22.4 Å². The summed E-state index contributed by atoms with van der Waals surface area (Å²) >= 11 is 0. The van der Waals surface area contributed by atoms with Crippen molar-refractivity contribution in [1.29, 1.82) is 0 Å². The molecule has 4 aromatic rings. The minimum atomic E-state index is -0.394. The molecule has 0 radical (unpaired) electrons. The first-order valence-electron chi connectivity index (χ1n) is 11.2. The molecule has 0 saturated carbocycles. The van der Waals surface area contributed by atoms with Gasteiger partial charge in [0.15, 0.2) is 0 Å². The highest BCUT2D eigenvalue weighted by molar-refractivity contribution is 6.07. The third-order valence-electron chi connectivity index (χ3n) is 6.49. The summed E-state index contributed by atoms with van der Waals surface area (Å²) in [5.74, 6) is -0.723. The van der Waals surface area contributed by atoms with Crippen molar-refractivity contribution in [1.82, 2.24) is 9.13 Å². The molecular weight excluding hydrogens is 433 g/mol. The van der Waals surface area contributed by atoms with E-state index in [4.69, 9.17) is 0 Å². The van der Waals surface area contributed by atoms with Crippen LogP contribution in [0.1, 0.15) is 10.4 Å². The molecule has 8 heteroatoms. The molecule has 1 saturated heterocycles. The van der Waals surface area contributed by atoms with E-state index in [0.29, 0.717) is 11.3 Å². The number of halogens is 1. The molecule has 1 fully saturated rings. The average Bonchev–Trinajstić information content (AvgIpc) is 3.08. The Bertz CT molecular complexity index is 1400. The third-order valence-corrected chi connectivity index (χ3v) is 6.49. The van der Waals surface area contributed by atoms with E-state index in [-0.39, 0.29) is 11.6 Å². The monoisotopic (exact) mass is 459 g/mol. The summed E-state index contributed by atoms with van der Waals surface area (Å²) in [6.45, 7) is 3.20. The smallest absolute Gasteiger partial charge is 0.328 e. The van der Waals surface area contributed by atoms with Crippen molar-refractivity contribution < 1.29 is 9.18 Å². The maximum absolute atomic E-state index is 13.3. The fourth-order valence-corrected chi connectivity index (χ4v) is 4.54.